The van der Waals surface area contributed by atoms with E-state index in [0.29, 0.717) is 37.5 Å². The van der Waals surface area contributed by atoms with Crippen molar-refractivity contribution in [2.45, 2.75) is 33.1 Å². The van der Waals surface area contributed by atoms with Gasteiger partial charge in [0, 0.05) is 26.2 Å². The summed E-state index contributed by atoms with van der Waals surface area (Å²) in [5.74, 6) is -0.0686. The van der Waals surface area contributed by atoms with Crippen LogP contribution in [0.3, 0.4) is 0 Å². The van der Waals surface area contributed by atoms with Crippen LogP contribution in [0.4, 0.5) is 5.82 Å². The van der Waals surface area contributed by atoms with E-state index in [1.54, 1.807) is 18.7 Å². The molecule has 2 heterocycles. The van der Waals surface area contributed by atoms with Gasteiger partial charge in [0.25, 0.3) is 0 Å². The lowest BCUT2D eigenvalue weighted by Crippen LogP contribution is -2.51. The lowest BCUT2D eigenvalue weighted by atomic mass is 10.1. The molecule has 8 heteroatoms. The maximum atomic E-state index is 12.5. The van der Waals surface area contributed by atoms with Crippen molar-refractivity contribution in [2.24, 2.45) is 0 Å². The SMILES string of the molecule is CCOC(=O)c1nc2cc(C)c(C)cc2nc1N1CCN(C(=O)[C@@H](C)Cl)CC1. The van der Waals surface area contributed by atoms with E-state index >= 15 is 0 Å². The van der Waals surface area contributed by atoms with Gasteiger partial charge in [-0.05, 0) is 51.0 Å². The molecule has 0 radical (unpaired) electrons. The van der Waals surface area contributed by atoms with Crippen LogP contribution in [-0.4, -0.2) is 64.9 Å². The molecule has 1 atom stereocenters. The fourth-order valence-corrected chi connectivity index (χ4v) is 3.39. The van der Waals surface area contributed by atoms with Crippen LogP contribution in [0.5, 0.6) is 0 Å². The smallest absolute Gasteiger partial charge is 0.360 e. The number of fused-ring (bicyclic) bond motifs is 1. The first-order valence-electron chi connectivity index (χ1n) is 9.45. The fraction of sp³-hybridized carbons (Fsp3) is 0.500. The molecule has 0 unspecified atom stereocenters. The highest BCUT2D eigenvalue weighted by atomic mass is 35.5. The number of rotatable bonds is 4. The quantitative estimate of drug-likeness (QED) is 0.576. The molecule has 0 aliphatic carbocycles. The molecule has 2 aromatic rings. The number of alkyl halides is 1. The Morgan fingerprint density at radius 3 is 2.21 bits per heavy atom. The van der Waals surface area contributed by atoms with E-state index in [0.717, 1.165) is 16.6 Å². The maximum Gasteiger partial charge on any atom is 0.360 e. The van der Waals surface area contributed by atoms with Crippen molar-refractivity contribution in [3.8, 4) is 0 Å². The Hall–Kier alpha value is -2.41. The number of halogens is 1. The molecule has 1 saturated heterocycles. The number of hydrogen-bond acceptors (Lipinski definition) is 6. The van der Waals surface area contributed by atoms with E-state index < -0.39 is 11.3 Å². The monoisotopic (exact) mass is 404 g/mol. The number of nitrogens with zero attached hydrogens (tertiary/aromatic N) is 4. The average Bonchev–Trinajstić information content (AvgIpc) is 2.67. The highest BCUT2D eigenvalue weighted by molar-refractivity contribution is 6.30. The number of carbonyl (C=O) groups is 2. The third-order valence-electron chi connectivity index (χ3n) is 4.96. The van der Waals surface area contributed by atoms with Gasteiger partial charge in [-0.25, -0.2) is 14.8 Å². The van der Waals surface area contributed by atoms with Crippen LogP contribution in [0.15, 0.2) is 12.1 Å². The number of aromatic nitrogens is 2. The van der Waals surface area contributed by atoms with Crippen LogP contribution in [0.25, 0.3) is 11.0 Å². The van der Waals surface area contributed by atoms with Gasteiger partial charge in [0.1, 0.15) is 5.38 Å². The summed E-state index contributed by atoms with van der Waals surface area (Å²) in [5, 5.41) is -0.548. The summed E-state index contributed by atoms with van der Waals surface area (Å²) in [4.78, 5) is 37.7. The number of ether oxygens (including phenoxy) is 1. The number of hydrogen-bond donors (Lipinski definition) is 0. The highest BCUT2D eigenvalue weighted by Crippen LogP contribution is 2.25. The summed E-state index contributed by atoms with van der Waals surface area (Å²) >= 11 is 5.92. The Bertz CT molecular complexity index is 908. The van der Waals surface area contributed by atoms with Crippen LogP contribution in [-0.2, 0) is 9.53 Å². The van der Waals surface area contributed by atoms with E-state index in [9.17, 15) is 9.59 Å². The Morgan fingerprint density at radius 1 is 1.11 bits per heavy atom. The third-order valence-corrected chi connectivity index (χ3v) is 5.15. The largest absolute Gasteiger partial charge is 0.461 e. The second kappa shape index (κ2) is 8.31. The van der Waals surface area contributed by atoms with E-state index in [2.05, 4.69) is 4.98 Å². The van der Waals surface area contributed by atoms with Gasteiger partial charge in [-0.2, -0.15) is 0 Å². The molecule has 1 aliphatic heterocycles. The molecule has 0 N–H and O–H groups in total. The molecule has 28 heavy (non-hydrogen) atoms. The zero-order chi connectivity index (χ0) is 20.4. The Kier molecular flexibility index (Phi) is 6.03. The predicted octanol–water partition coefficient (Wildman–Crippen LogP) is 2.70. The molecule has 1 aliphatic rings. The number of anilines is 1. The average molecular weight is 405 g/mol. The summed E-state index contributed by atoms with van der Waals surface area (Å²) in [7, 11) is 0. The minimum absolute atomic E-state index is 0.0809. The first kappa shape index (κ1) is 20.3. The normalized spacial score (nSPS) is 15.6. The highest BCUT2D eigenvalue weighted by Gasteiger charge is 2.28. The molecule has 0 bridgehead atoms. The Morgan fingerprint density at radius 2 is 1.68 bits per heavy atom. The van der Waals surface area contributed by atoms with Crippen molar-refractivity contribution in [1.82, 2.24) is 14.9 Å². The minimum Gasteiger partial charge on any atom is -0.461 e. The third kappa shape index (κ3) is 4.04. The Balaban J connectivity index is 1.96. The molecule has 0 spiro atoms. The predicted molar refractivity (Wildman–Crippen MR) is 109 cm³/mol. The number of carbonyl (C=O) groups excluding carboxylic acids is 2. The van der Waals surface area contributed by atoms with Crippen LogP contribution in [0.1, 0.15) is 35.5 Å². The van der Waals surface area contributed by atoms with Crippen molar-refractivity contribution < 1.29 is 14.3 Å². The molecule has 1 amide bonds. The summed E-state index contributed by atoms with van der Waals surface area (Å²) in [6.07, 6.45) is 0. The first-order valence-corrected chi connectivity index (χ1v) is 9.89. The molecule has 7 nitrogen and oxygen atoms in total. The van der Waals surface area contributed by atoms with Crippen molar-refractivity contribution >= 4 is 40.3 Å². The summed E-state index contributed by atoms with van der Waals surface area (Å²) < 4.78 is 5.20. The topological polar surface area (TPSA) is 75.6 Å². The number of piperazine rings is 1. The fourth-order valence-electron chi connectivity index (χ4n) is 3.25. The van der Waals surface area contributed by atoms with Crippen LogP contribution in [0, 0.1) is 13.8 Å². The second-order valence-corrected chi connectivity index (χ2v) is 7.62. The number of amides is 1. The molecule has 1 aromatic carbocycles. The molecular formula is C20H25ClN4O3. The zero-order valence-electron chi connectivity index (χ0n) is 16.7. The minimum atomic E-state index is -0.548. The lowest BCUT2D eigenvalue weighted by Gasteiger charge is -2.36. The number of benzene rings is 1. The molecule has 1 fully saturated rings. The summed E-state index contributed by atoms with van der Waals surface area (Å²) in [6.45, 7) is 9.86. The first-order chi connectivity index (χ1) is 13.3. The van der Waals surface area contributed by atoms with Gasteiger partial charge in [0.05, 0.1) is 17.6 Å². The van der Waals surface area contributed by atoms with E-state index in [-0.39, 0.29) is 18.2 Å². The van der Waals surface area contributed by atoms with Crippen molar-refractivity contribution in [3.63, 3.8) is 0 Å². The second-order valence-electron chi connectivity index (χ2n) is 6.97. The molecule has 1 aromatic heterocycles. The van der Waals surface area contributed by atoms with Gasteiger partial charge < -0.3 is 14.5 Å². The molecular weight excluding hydrogens is 380 g/mol. The van der Waals surface area contributed by atoms with Crippen LogP contribution in [0.2, 0.25) is 0 Å². The van der Waals surface area contributed by atoms with Crippen LogP contribution < -0.4 is 4.90 Å². The van der Waals surface area contributed by atoms with Crippen LogP contribution >= 0.6 is 11.6 Å². The van der Waals surface area contributed by atoms with Crippen molar-refractivity contribution in [1.29, 1.82) is 0 Å². The van der Waals surface area contributed by atoms with E-state index in [1.807, 2.05) is 30.9 Å². The van der Waals surface area contributed by atoms with Crippen molar-refractivity contribution in [2.75, 3.05) is 37.7 Å². The lowest BCUT2D eigenvalue weighted by molar-refractivity contribution is -0.130. The molecule has 150 valence electrons. The van der Waals surface area contributed by atoms with Gasteiger partial charge in [-0.3, -0.25) is 4.79 Å². The molecule has 0 saturated carbocycles. The van der Waals surface area contributed by atoms with Crippen molar-refractivity contribution in [3.05, 3.63) is 29.0 Å². The number of aryl methyl sites for hydroxylation is 2. The van der Waals surface area contributed by atoms with Gasteiger partial charge in [-0.15, -0.1) is 11.6 Å². The molecule has 3 rings (SSSR count). The van der Waals surface area contributed by atoms with Gasteiger partial charge in [-0.1, -0.05) is 0 Å². The standard InChI is InChI=1S/C20H25ClN4O3/c1-5-28-20(27)17-18(23-16-11-13(3)12(2)10-15(16)22-17)24-6-8-25(9-7-24)19(26)14(4)21/h10-11,14H,5-9H2,1-4H3/t14-/m1/s1. The zero-order valence-corrected chi connectivity index (χ0v) is 17.4. The number of esters is 1. The summed E-state index contributed by atoms with van der Waals surface area (Å²) in [5.41, 5.74) is 3.82. The van der Waals surface area contributed by atoms with Gasteiger partial charge in [0.15, 0.2) is 11.5 Å². The van der Waals surface area contributed by atoms with Gasteiger partial charge >= 0.3 is 5.97 Å². The Labute approximate surface area is 169 Å². The summed E-state index contributed by atoms with van der Waals surface area (Å²) in [6, 6.07) is 3.91. The van der Waals surface area contributed by atoms with E-state index in [4.69, 9.17) is 21.3 Å². The van der Waals surface area contributed by atoms with Gasteiger partial charge in [0.2, 0.25) is 5.91 Å². The maximum absolute atomic E-state index is 12.5. The van der Waals surface area contributed by atoms with E-state index in [1.165, 1.54) is 0 Å².